The summed E-state index contributed by atoms with van der Waals surface area (Å²) < 4.78 is 5.95. The molecule has 0 spiro atoms. The number of likely N-dealkylation sites (tertiary alicyclic amines) is 1. The fraction of sp³-hybridized carbons (Fsp3) is 0.381. The SMILES string of the molecule is CNCC1CCCN1C(=O)CCOc1ccccc1-c1ccccc1. The smallest absolute Gasteiger partial charge is 0.226 e. The lowest BCUT2D eigenvalue weighted by Gasteiger charge is -2.24. The summed E-state index contributed by atoms with van der Waals surface area (Å²) in [5, 5.41) is 3.18. The minimum Gasteiger partial charge on any atom is -0.492 e. The van der Waals surface area contributed by atoms with Crippen LogP contribution in [0, 0.1) is 0 Å². The molecule has 1 saturated heterocycles. The number of likely N-dealkylation sites (N-methyl/N-ethyl adjacent to an activating group) is 1. The van der Waals surface area contributed by atoms with E-state index >= 15 is 0 Å². The number of hydrogen-bond acceptors (Lipinski definition) is 3. The van der Waals surface area contributed by atoms with Crippen LogP contribution in [0.3, 0.4) is 0 Å². The first-order chi connectivity index (χ1) is 12.3. The first-order valence-electron chi connectivity index (χ1n) is 9.01. The summed E-state index contributed by atoms with van der Waals surface area (Å²) in [6, 6.07) is 18.5. The zero-order valence-electron chi connectivity index (χ0n) is 14.8. The van der Waals surface area contributed by atoms with E-state index in [1.54, 1.807) is 0 Å². The van der Waals surface area contributed by atoms with Crippen molar-refractivity contribution in [3.8, 4) is 16.9 Å². The van der Waals surface area contributed by atoms with Crippen molar-refractivity contribution in [1.29, 1.82) is 0 Å². The van der Waals surface area contributed by atoms with E-state index in [1.807, 2.05) is 48.3 Å². The Kier molecular flexibility index (Phi) is 6.07. The van der Waals surface area contributed by atoms with E-state index in [-0.39, 0.29) is 5.91 Å². The number of carbonyl (C=O) groups is 1. The van der Waals surface area contributed by atoms with E-state index in [4.69, 9.17) is 4.74 Å². The highest BCUT2D eigenvalue weighted by atomic mass is 16.5. The molecule has 4 heteroatoms. The van der Waals surface area contributed by atoms with Gasteiger partial charge in [-0.3, -0.25) is 4.79 Å². The number of rotatable bonds is 7. The lowest BCUT2D eigenvalue weighted by Crippen LogP contribution is -2.41. The van der Waals surface area contributed by atoms with Gasteiger partial charge < -0.3 is 15.0 Å². The number of benzene rings is 2. The standard InChI is InChI=1S/C21H26N2O2/c1-22-16-18-10-7-14-23(18)21(24)13-15-25-20-12-6-5-11-19(20)17-8-3-2-4-9-17/h2-6,8-9,11-12,18,22H,7,10,13-16H2,1H3. The summed E-state index contributed by atoms with van der Waals surface area (Å²) in [5.74, 6) is 1.02. The molecule has 1 aliphatic heterocycles. The number of amides is 1. The number of para-hydroxylation sites is 1. The first-order valence-corrected chi connectivity index (χ1v) is 9.01. The molecule has 1 N–H and O–H groups in total. The van der Waals surface area contributed by atoms with Crippen molar-refractivity contribution in [2.24, 2.45) is 0 Å². The molecule has 3 rings (SSSR count). The second-order valence-electron chi connectivity index (χ2n) is 6.40. The number of nitrogens with zero attached hydrogens (tertiary/aromatic N) is 1. The Bertz CT molecular complexity index is 687. The molecule has 2 aromatic carbocycles. The molecule has 1 heterocycles. The van der Waals surface area contributed by atoms with E-state index in [9.17, 15) is 4.79 Å². The van der Waals surface area contributed by atoms with Gasteiger partial charge in [-0.25, -0.2) is 0 Å². The molecule has 1 fully saturated rings. The molecule has 2 aromatic rings. The van der Waals surface area contributed by atoms with Crippen molar-refractivity contribution in [2.45, 2.75) is 25.3 Å². The number of nitrogens with one attached hydrogen (secondary N) is 1. The zero-order valence-corrected chi connectivity index (χ0v) is 14.8. The average Bonchev–Trinajstić information content (AvgIpc) is 3.11. The van der Waals surface area contributed by atoms with Gasteiger partial charge in [-0.15, -0.1) is 0 Å². The van der Waals surface area contributed by atoms with Gasteiger partial charge in [0.2, 0.25) is 5.91 Å². The predicted molar refractivity (Wildman–Crippen MR) is 101 cm³/mol. The van der Waals surface area contributed by atoms with Crippen molar-refractivity contribution in [3.63, 3.8) is 0 Å². The molecule has 1 atom stereocenters. The second kappa shape index (κ2) is 8.67. The highest BCUT2D eigenvalue weighted by molar-refractivity contribution is 5.77. The monoisotopic (exact) mass is 338 g/mol. The maximum atomic E-state index is 12.5. The molecular formula is C21H26N2O2. The van der Waals surface area contributed by atoms with Crippen LogP contribution in [0.5, 0.6) is 5.75 Å². The fourth-order valence-electron chi connectivity index (χ4n) is 3.45. The first kappa shape index (κ1) is 17.5. The number of hydrogen-bond donors (Lipinski definition) is 1. The van der Waals surface area contributed by atoms with Crippen LogP contribution < -0.4 is 10.1 Å². The van der Waals surface area contributed by atoms with Gasteiger partial charge in [0, 0.05) is 24.7 Å². The van der Waals surface area contributed by atoms with E-state index in [1.165, 1.54) is 0 Å². The maximum Gasteiger partial charge on any atom is 0.226 e. The molecule has 25 heavy (non-hydrogen) atoms. The van der Waals surface area contributed by atoms with Crippen LogP contribution in [-0.4, -0.2) is 43.6 Å². The van der Waals surface area contributed by atoms with Crippen LogP contribution in [0.15, 0.2) is 54.6 Å². The molecule has 0 saturated carbocycles. The highest BCUT2D eigenvalue weighted by Gasteiger charge is 2.27. The number of ether oxygens (including phenoxy) is 1. The van der Waals surface area contributed by atoms with Crippen LogP contribution >= 0.6 is 0 Å². The fourth-order valence-corrected chi connectivity index (χ4v) is 3.45. The lowest BCUT2D eigenvalue weighted by atomic mass is 10.1. The molecule has 0 radical (unpaired) electrons. The Labute approximate surface area is 149 Å². The third-order valence-electron chi connectivity index (χ3n) is 4.68. The van der Waals surface area contributed by atoms with Crippen molar-refractivity contribution in [2.75, 3.05) is 26.7 Å². The largest absolute Gasteiger partial charge is 0.492 e. The van der Waals surface area contributed by atoms with E-state index < -0.39 is 0 Å². The van der Waals surface area contributed by atoms with Gasteiger partial charge in [-0.2, -0.15) is 0 Å². The highest BCUT2D eigenvalue weighted by Crippen LogP contribution is 2.29. The molecule has 1 unspecified atom stereocenters. The molecule has 4 nitrogen and oxygen atoms in total. The normalized spacial score (nSPS) is 16.8. The Morgan fingerprint density at radius 2 is 1.92 bits per heavy atom. The Morgan fingerprint density at radius 3 is 2.72 bits per heavy atom. The van der Waals surface area contributed by atoms with E-state index in [0.717, 1.165) is 42.8 Å². The Hall–Kier alpha value is -2.33. The summed E-state index contributed by atoms with van der Waals surface area (Å²) >= 11 is 0. The van der Waals surface area contributed by atoms with Gasteiger partial charge in [0.15, 0.2) is 0 Å². The lowest BCUT2D eigenvalue weighted by molar-refractivity contribution is -0.132. The van der Waals surface area contributed by atoms with Gasteiger partial charge >= 0.3 is 0 Å². The van der Waals surface area contributed by atoms with Crippen molar-refractivity contribution < 1.29 is 9.53 Å². The molecule has 1 aliphatic rings. The molecule has 0 aliphatic carbocycles. The van der Waals surface area contributed by atoms with Crippen LogP contribution in [0.25, 0.3) is 11.1 Å². The van der Waals surface area contributed by atoms with Crippen LogP contribution in [-0.2, 0) is 4.79 Å². The summed E-state index contributed by atoms with van der Waals surface area (Å²) in [5.41, 5.74) is 2.18. The second-order valence-corrected chi connectivity index (χ2v) is 6.40. The van der Waals surface area contributed by atoms with Crippen LogP contribution in [0.1, 0.15) is 19.3 Å². The van der Waals surface area contributed by atoms with Crippen molar-refractivity contribution in [3.05, 3.63) is 54.6 Å². The zero-order chi connectivity index (χ0) is 17.5. The Morgan fingerprint density at radius 1 is 1.16 bits per heavy atom. The summed E-state index contributed by atoms with van der Waals surface area (Å²) in [4.78, 5) is 14.5. The average molecular weight is 338 g/mol. The van der Waals surface area contributed by atoms with Crippen molar-refractivity contribution in [1.82, 2.24) is 10.2 Å². The molecule has 0 bridgehead atoms. The van der Waals surface area contributed by atoms with Gasteiger partial charge in [0.1, 0.15) is 5.75 Å². The van der Waals surface area contributed by atoms with Gasteiger partial charge in [-0.1, -0.05) is 48.5 Å². The van der Waals surface area contributed by atoms with Gasteiger partial charge in [0.05, 0.1) is 13.0 Å². The van der Waals surface area contributed by atoms with Gasteiger partial charge in [0.25, 0.3) is 0 Å². The van der Waals surface area contributed by atoms with Crippen molar-refractivity contribution >= 4 is 5.91 Å². The third kappa shape index (κ3) is 4.40. The van der Waals surface area contributed by atoms with Crippen LogP contribution in [0.4, 0.5) is 0 Å². The minimum absolute atomic E-state index is 0.190. The topological polar surface area (TPSA) is 41.6 Å². The van der Waals surface area contributed by atoms with E-state index in [0.29, 0.717) is 19.1 Å². The molecule has 1 amide bonds. The number of carbonyl (C=O) groups excluding carboxylic acids is 1. The molecular weight excluding hydrogens is 312 g/mol. The van der Waals surface area contributed by atoms with Gasteiger partial charge in [-0.05, 0) is 31.5 Å². The summed E-state index contributed by atoms with van der Waals surface area (Å²) in [6.45, 7) is 2.14. The maximum absolute atomic E-state index is 12.5. The third-order valence-corrected chi connectivity index (χ3v) is 4.68. The van der Waals surface area contributed by atoms with Crippen LogP contribution in [0.2, 0.25) is 0 Å². The summed E-state index contributed by atoms with van der Waals surface area (Å²) in [7, 11) is 1.94. The minimum atomic E-state index is 0.190. The molecule has 0 aromatic heterocycles. The predicted octanol–water partition coefficient (Wildman–Crippen LogP) is 3.33. The van der Waals surface area contributed by atoms with E-state index in [2.05, 4.69) is 23.5 Å². The molecule has 132 valence electrons. The quantitative estimate of drug-likeness (QED) is 0.842. The summed E-state index contributed by atoms with van der Waals surface area (Å²) in [6.07, 6.45) is 2.60. The Balaban J connectivity index is 1.59.